The van der Waals surface area contributed by atoms with Gasteiger partial charge in [-0.25, -0.2) is 4.79 Å². The first-order valence-electron chi connectivity index (χ1n) is 7.95. The monoisotopic (exact) mass is 321 g/mol. The highest BCUT2D eigenvalue weighted by Crippen LogP contribution is 2.16. The van der Waals surface area contributed by atoms with Crippen molar-refractivity contribution in [2.45, 2.75) is 59.1 Å². The van der Waals surface area contributed by atoms with Crippen LogP contribution >= 0.6 is 0 Å². The maximum Gasteiger partial charge on any atom is 0.408 e. The Balaban J connectivity index is 2.52. The van der Waals surface area contributed by atoms with Crippen LogP contribution in [0.4, 0.5) is 4.79 Å². The lowest BCUT2D eigenvalue weighted by Gasteiger charge is -2.22. The van der Waals surface area contributed by atoms with Crippen LogP contribution < -0.4 is 5.32 Å². The van der Waals surface area contributed by atoms with Crippen LogP contribution in [0, 0.1) is 0 Å². The Morgan fingerprint density at radius 2 is 1.78 bits per heavy atom. The minimum atomic E-state index is -0.513. The Bertz CT molecular complexity index is 517. The summed E-state index contributed by atoms with van der Waals surface area (Å²) in [5.41, 5.74) is 1.53. The van der Waals surface area contributed by atoms with E-state index < -0.39 is 11.7 Å². The third-order valence-electron chi connectivity index (χ3n) is 3.14. The van der Waals surface area contributed by atoms with Gasteiger partial charge in [0.15, 0.2) is 0 Å². The Hall–Kier alpha value is -2.04. The molecule has 0 bridgehead atoms. The molecule has 0 aliphatic carbocycles. The number of benzene rings is 1. The highest BCUT2D eigenvalue weighted by molar-refractivity contribution is 5.69. The van der Waals surface area contributed by atoms with Crippen molar-refractivity contribution in [3.8, 4) is 0 Å². The molecule has 0 saturated heterocycles. The Labute approximate surface area is 138 Å². The van der Waals surface area contributed by atoms with Gasteiger partial charge in [0.05, 0.1) is 12.6 Å². The Morgan fingerprint density at radius 1 is 1.17 bits per heavy atom. The molecular formula is C18H27NO4. The van der Waals surface area contributed by atoms with E-state index >= 15 is 0 Å². The molecule has 0 fully saturated rings. The minimum Gasteiger partial charge on any atom is -0.466 e. The van der Waals surface area contributed by atoms with Crippen molar-refractivity contribution < 1.29 is 19.1 Å². The number of carbonyl (C=O) groups excluding carboxylic acids is 2. The van der Waals surface area contributed by atoms with E-state index in [1.54, 1.807) is 6.92 Å². The molecule has 0 aromatic heterocycles. The van der Waals surface area contributed by atoms with Crippen LogP contribution in [-0.4, -0.2) is 24.3 Å². The number of esters is 1. The molecule has 1 N–H and O–H groups in total. The fourth-order valence-corrected chi connectivity index (χ4v) is 2.02. The first-order valence-corrected chi connectivity index (χ1v) is 7.95. The second-order valence-electron chi connectivity index (χ2n) is 6.41. The molecule has 0 radical (unpaired) electrons. The van der Waals surface area contributed by atoms with Crippen molar-refractivity contribution in [2.75, 3.05) is 6.61 Å². The largest absolute Gasteiger partial charge is 0.466 e. The van der Waals surface area contributed by atoms with E-state index in [2.05, 4.69) is 5.32 Å². The summed E-state index contributed by atoms with van der Waals surface area (Å²) in [6, 6.07) is 7.67. The summed E-state index contributed by atoms with van der Waals surface area (Å²) in [6.45, 7) is 9.59. The number of hydrogen-bond donors (Lipinski definition) is 1. The molecule has 1 aromatic rings. The van der Waals surface area contributed by atoms with Gasteiger partial charge >= 0.3 is 12.1 Å². The van der Waals surface area contributed by atoms with Gasteiger partial charge in [0.2, 0.25) is 0 Å². The van der Waals surface area contributed by atoms with Gasteiger partial charge < -0.3 is 14.8 Å². The molecule has 0 heterocycles. The SMILES string of the molecule is CCOC(=O)CCc1ccc(C(C)NC(=O)OC(C)(C)C)cc1. The van der Waals surface area contributed by atoms with E-state index in [9.17, 15) is 9.59 Å². The average molecular weight is 321 g/mol. The van der Waals surface area contributed by atoms with Crippen LogP contribution in [0.25, 0.3) is 0 Å². The lowest BCUT2D eigenvalue weighted by atomic mass is 10.0. The summed E-state index contributed by atoms with van der Waals surface area (Å²) in [6.07, 6.45) is 0.586. The third-order valence-corrected chi connectivity index (χ3v) is 3.14. The molecule has 1 aromatic carbocycles. The van der Waals surface area contributed by atoms with Gasteiger partial charge in [0.1, 0.15) is 5.60 Å². The number of nitrogens with one attached hydrogen (secondary N) is 1. The van der Waals surface area contributed by atoms with Crippen LogP contribution in [0.15, 0.2) is 24.3 Å². The van der Waals surface area contributed by atoms with E-state index in [0.29, 0.717) is 19.4 Å². The van der Waals surface area contributed by atoms with Crippen molar-refractivity contribution in [3.05, 3.63) is 35.4 Å². The van der Waals surface area contributed by atoms with Gasteiger partial charge in [-0.1, -0.05) is 24.3 Å². The molecule has 1 unspecified atom stereocenters. The molecule has 0 saturated carbocycles. The minimum absolute atomic E-state index is 0.149. The van der Waals surface area contributed by atoms with Crippen LogP contribution in [0.2, 0.25) is 0 Å². The molecule has 1 atom stereocenters. The number of alkyl carbamates (subject to hydrolysis) is 1. The smallest absolute Gasteiger partial charge is 0.408 e. The Morgan fingerprint density at radius 3 is 2.30 bits per heavy atom. The fourth-order valence-electron chi connectivity index (χ4n) is 2.02. The second kappa shape index (κ2) is 8.56. The molecular weight excluding hydrogens is 294 g/mol. The van der Waals surface area contributed by atoms with Crippen molar-refractivity contribution in [1.82, 2.24) is 5.32 Å². The zero-order valence-corrected chi connectivity index (χ0v) is 14.6. The van der Waals surface area contributed by atoms with Gasteiger partial charge in [-0.2, -0.15) is 0 Å². The second-order valence-corrected chi connectivity index (χ2v) is 6.41. The van der Waals surface area contributed by atoms with Gasteiger partial charge in [0, 0.05) is 6.42 Å². The third kappa shape index (κ3) is 7.68. The summed E-state index contributed by atoms with van der Waals surface area (Å²) in [4.78, 5) is 23.1. The van der Waals surface area contributed by atoms with Crippen molar-refractivity contribution >= 4 is 12.1 Å². The number of hydrogen-bond acceptors (Lipinski definition) is 4. The molecule has 0 spiro atoms. The van der Waals surface area contributed by atoms with Crippen LogP contribution in [0.3, 0.4) is 0 Å². The number of aryl methyl sites for hydroxylation is 1. The molecule has 0 aliphatic rings. The topological polar surface area (TPSA) is 64.6 Å². The zero-order chi connectivity index (χ0) is 17.5. The number of ether oxygens (including phenoxy) is 2. The summed E-state index contributed by atoms with van der Waals surface area (Å²) < 4.78 is 10.1. The molecule has 128 valence electrons. The molecule has 0 aliphatic heterocycles. The standard InChI is InChI=1S/C18H27NO4/c1-6-22-16(20)12-9-14-7-10-15(11-8-14)13(2)19-17(21)23-18(3,4)5/h7-8,10-11,13H,6,9,12H2,1-5H3,(H,19,21). The maximum absolute atomic E-state index is 11.8. The van der Waals surface area contributed by atoms with E-state index in [1.165, 1.54) is 0 Å². The average Bonchev–Trinajstić information content (AvgIpc) is 2.44. The van der Waals surface area contributed by atoms with Crippen LogP contribution in [0.5, 0.6) is 0 Å². The van der Waals surface area contributed by atoms with E-state index in [1.807, 2.05) is 52.0 Å². The lowest BCUT2D eigenvalue weighted by Crippen LogP contribution is -2.34. The van der Waals surface area contributed by atoms with Gasteiger partial charge in [-0.15, -0.1) is 0 Å². The van der Waals surface area contributed by atoms with Crippen molar-refractivity contribution in [2.24, 2.45) is 0 Å². The predicted octanol–water partition coefficient (Wildman–Crippen LogP) is 3.77. The highest BCUT2D eigenvalue weighted by atomic mass is 16.6. The number of carbonyl (C=O) groups is 2. The van der Waals surface area contributed by atoms with Gasteiger partial charge in [0.25, 0.3) is 0 Å². The number of amides is 1. The molecule has 5 heteroatoms. The first kappa shape index (κ1) is 19.0. The predicted molar refractivity (Wildman–Crippen MR) is 89.2 cm³/mol. The quantitative estimate of drug-likeness (QED) is 0.810. The summed E-state index contributed by atoms with van der Waals surface area (Å²) in [5.74, 6) is -0.184. The summed E-state index contributed by atoms with van der Waals surface area (Å²) in [7, 11) is 0. The Kier molecular flexibility index (Phi) is 7.07. The van der Waals surface area contributed by atoms with E-state index in [4.69, 9.17) is 9.47 Å². The molecule has 5 nitrogen and oxygen atoms in total. The molecule has 1 rings (SSSR count). The van der Waals surface area contributed by atoms with Crippen molar-refractivity contribution in [3.63, 3.8) is 0 Å². The van der Waals surface area contributed by atoms with Gasteiger partial charge in [-0.3, -0.25) is 4.79 Å². The summed E-state index contributed by atoms with van der Waals surface area (Å²) >= 11 is 0. The van der Waals surface area contributed by atoms with Crippen LogP contribution in [-0.2, 0) is 20.7 Å². The zero-order valence-electron chi connectivity index (χ0n) is 14.6. The first-order chi connectivity index (χ1) is 10.7. The van der Waals surface area contributed by atoms with Gasteiger partial charge in [-0.05, 0) is 52.2 Å². The number of rotatable bonds is 6. The van der Waals surface area contributed by atoms with Crippen molar-refractivity contribution in [1.29, 1.82) is 0 Å². The normalized spacial score (nSPS) is 12.4. The van der Waals surface area contributed by atoms with E-state index in [-0.39, 0.29) is 12.0 Å². The summed E-state index contributed by atoms with van der Waals surface area (Å²) in [5, 5.41) is 2.80. The molecule has 1 amide bonds. The maximum atomic E-state index is 11.8. The van der Waals surface area contributed by atoms with Crippen LogP contribution in [0.1, 0.15) is 58.2 Å². The van der Waals surface area contributed by atoms with E-state index in [0.717, 1.165) is 11.1 Å². The lowest BCUT2D eigenvalue weighted by molar-refractivity contribution is -0.143. The highest BCUT2D eigenvalue weighted by Gasteiger charge is 2.18. The molecule has 23 heavy (non-hydrogen) atoms. The fraction of sp³-hybridized carbons (Fsp3) is 0.556.